The smallest absolute Gasteiger partial charge is 1.00 e. The molecule has 1 saturated carbocycles. The Bertz CT molecular complexity index is 374. The van der Waals surface area contributed by atoms with Gasteiger partial charge < -0.3 is 12.4 Å². The van der Waals surface area contributed by atoms with Crippen molar-refractivity contribution < 1.29 is 31.9 Å². The van der Waals surface area contributed by atoms with Crippen LogP contribution in [0, 0.1) is 32.1 Å². The molecule has 2 aromatic rings. The molecule has 19 heavy (non-hydrogen) atoms. The van der Waals surface area contributed by atoms with Crippen LogP contribution in [0.3, 0.4) is 0 Å². The van der Waals surface area contributed by atoms with Crippen LogP contribution in [0.25, 0.3) is 11.4 Å². The van der Waals surface area contributed by atoms with E-state index in [2.05, 4.69) is 9.97 Å². The molecule has 0 amide bonds. The van der Waals surface area contributed by atoms with Crippen LogP contribution >= 0.6 is 0 Å². The van der Waals surface area contributed by atoms with E-state index in [0.29, 0.717) is 0 Å². The second-order valence-corrected chi connectivity index (χ2v) is 3.39. The number of hydrogen-bond donors (Lipinski definition) is 0. The first kappa shape index (κ1) is 18.2. The summed E-state index contributed by atoms with van der Waals surface area (Å²) in [6, 6.07) is 11.6. The van der Waals surface area contributed by atoms with Gasteiger partial charge in [-0.25, -0.2) is 0 Å². The Kier molecular flexibility index (Phi) is 10.6. The molecular formula is C15H13ClN2Rh+2. The van der Waals surface area contributed by atoms with Crippen LogP contribution in [0.1, 0.15) is 0 Å². The third kappa shape index (κ3) is 6.80. The molecule has 4 heteroatoms. The molecule has 0 bridgehead atoms. The maximum absolute atomic E-state index is 4.19. The summed E-state index contributed by atoms with van der Waals surface area (Å²) in [5.74, 6) is 0. The van der Waals surface area contributed by atoms with Gasteiger partial charge in [-0.1, -0.05) is 12.1 Å². The van der Waals surface area contributed by atoms with Crippen molar-refractivity contribution in [3.8, 4) is 11.4 Å². The first-order valence-electron chi connectivity index (χ1n) is 5.46. The topological polar surface area (TPSA) is 25.8 Å². The quantitative estimate of drug-likeness (QED) is 0.678. The van der Waals surface area contributed by atoms with Gasteiger partial charge in [0.25, 0.3) is 0 Å². The molecule has 2 nitrogen and oxygen atoms in total. The van der Waals surface area contributed by atoms with Gasteiger partial charge in [0.2, 0.25) is 0 Å². The third-order valence-electron chi connectivity index (χ3n) is 2.15. The molecule has 1 aliphatic rings. The predicted octanol–water partition coefficient (Wildman–Crippen LogP) is 0.167. The molecule has 0 N–H and O–H groups in total. The third-order valence-corrected chi connectivity index (χ3v) is 2.15. The number of pyridine rings is 2. The van der Waals surface area contributed by atoms with Gasteiger partial charge in [0.15, 0.2) is 0 Å². The first-order chi connectivity index (χ1) is 8.47. The maximum Gasteiger partial charge on any atom is 3.00 e. The van der Waals surface area contributed by atoms with Crippen molar-refractivity contribution >= 4 is 0 Å². The Hall–Kier alpha value is -0.787. The molecule has 1 fully saturated rings. The van der Waals surface area contributed by atoms with E-state index in [4.69, 9.17) is 0 Å². The average molecular weight is 360 g/mol. The molecule has 0 saturated heterocycles. The van der Waals surface area contributed by atoms with Gasteiger partial charge in [0, 0.05) is 12.4 Å². The summed E-state index contributed by atoms with van der Waals surface area (Å²) in [6.45, 7) is 0. The number of nitrogens with zero attached hydrogens (tertiary/aromatic N) is 2. The van der Waals surface area contributed by atoms with E-state index < -0.39 is 0 Å². The standard InChI is InChI=1S/C10H8N2.C5H5.ClH.Rh/c1-3-7-11-9(5-1)10-6-2-4-8-12-10;1-2-4-5-3-1;;/h1-8H;1-5H;1H;/q;;;+3/p-1. The van der Waals surface area contributed by atoms with Crippen LogP contribution in [0.15, 0.2) is 48.8 Å². The molecule has 0 aromatic carbocycles. The molecule has 0 aliphatic heterocycles. The van der Waals surface area contributed by atoms with Crippen LogP contribution in [-0.4, -0.2) is 9.97 Å². The average Bonchev–Trinajstić information content (AvgIpc) is 3.00. The van der Waals surface area contributed by atoms with Gasteiger partial charge in [-0.05, 0) is 56.4 Å². The fraction of sp³-hybridized carbons (Fsp3) is 0. The Labute approximate surface area is 134 Å². The fourth-order valence-corrected chi connectivity index (χ4v) is 1.35. The van der Waals surface area contributed by atoms with Crippen molar-refractivity contribution in [1.82, 2.24) is 9.97 Å². The van der Waals surface area contributed by atoms with E-state index in [1.807, 2.05) is 68.5 Å². The summed E-state index contributed by atoms with van der Waals surface area (Å²) >= 11 is 0. The minimum atomic E-state index is 0. The molecule has 0 unspecified atom stereocenters. The molecule has 97 valence electrons. The summed E-state index contributed by atoms with van der Waals surface area (Å²) in [5.41, 5.74) is 1.83. The largest absolute Gasteiger partial charge is 3.00 e. The second kappa shape index (κ2) is 11.1. The van der Waals surface area contributed by atoms with E-state index in [1.54, 1.807) is 12.4 Å². The van der Waals surface area contributed by atoms with Gasteiger partial charge in [0.05, 0.1) is 11.4 Å². The number of aromatic nitrogens is 2. The zero-order valence-corrected chi connectivity index (χ0v) is 12.5. The molecule has 5 radical (unpaired) electrons. The number of halogens is 1. The van der Waals surface area contributed by atoms with Gasteiger partial charge in [-0.3, -0.25) is 9.97 Å². The molecule has 3 rings (SSSR count). The zero-order valence-electron chi connectivity index (χ0n) is 10.1. The van der Waals surface area contributed by atoms with Crippen LogP contribution < -0.4 is 12.4 Å². The maximum atomic E-state index is 4.19. The van der Waals surface area contributed by atoms with Crippen molar-refractivity contribution in [3.63, 3.8) is 0 Å². The normalized spacial score (nSPS) is 12.4. The van der Waals surface area contributed by atoms with E-state index in [9.17, 15) is 0 Å². The molecule has 2 aromatic heterocycles. The van der Waals surface area contributed by atoms with Gasteiger partial charge in [-0.2, -0.15) is 0 Å². The minimum absolute atomic E-state index is 0. The second-order valence-electron chi connectivity index (χ2n) is 3.39. The Morgan fingerprint density at radius 3 is 1.21 bits per heavy atom. The van der Waals surface area contributed by atoms with Crippen molar-refractivity contribution in [2.24, 2.45) is 0 Å². The summed E-state index contributed by atoms with van der Waals surface area (Å²) < 4.78 is 0. The summed E-state index contributed by atoms with van der Waals surface area (Å²) in [4.78, 5) is 8.37. The van der Waals surface area contributed by atoms with Crippen LogP contribution in [-0.2, 0) is 19.5 Å². The minimum Gasteiger partial charge on any atom is -1.00 e. The predicted molar refractivity (Wildman–Crippen MR) is 69.0 cm³/mol. The Balaban J connectivity index is 0.000000399. The first-order valence-corrected chi connectivity index (χ1v) is 5.46. The van der Waals surface area contributed by atoms with Gasteiger partial charge >= 0.3 is 19.5 Å². The molecule has 0 spiro atoms. The summed E-state index contributed by atoms with van der Waals surface area (Å²) in [6.07, 6.45) is 13.5. The number of rotatable bonds is 1. The van der Waals surface area contributed by atoms with E-state index >= 15 is 0 Å². The Morgan fingerprint density at radius 1 is 0.579 bits per heavy atom. The van der Waals surface area contributed by atoms with Crippen LogP contribution in [0.5, 0.6) is 0 Å². The van der Waals surface area contributed by atoms with E-state index in [-0.39, 0.29) is 31.9 Å². The Morgan fingerprint density at radius 2 is 0.947 bits per heavy atom. The summed E-state index contributed by atoms with van der Waals surface area (Å²) in [7, 11) is 0. The van der Waals surface area contributed by atoms with Crippen molar-refractivity contribution in [2.45, 2.75) is 0 Å². The van der Waals surface area contributed by atoms with Gasteiger partial charge in [0.1, 0.15) is 0 Å². The van der Waals surface area contributed by atoms with E-state index in [0.717, 1.165) is 11.4 Å². The zero-order chi connectivity index (χ0) is 11.8. The van der Waals surface area contributed by atoms with Crippen LogP contribution in [0.4, 0.5) is 0 Å². The van der Waals surface area contributed by atoms with Crippen LogP contribution in [0.2, 0.25) is 0 Å². The summed E-state index contributed by atoms with van der Waals surface area (Å²) in [5, 5.41) is 0. The monoisotopic (exact) mass is 359 g/mol. The van der Waals surface area contributed by atoms with E-state index in [1.165, 1.54) is 0 Å². The van der Waals surface area contributed by atoms with Gasteiger partial charge in [-0.15, -0.1) is 0 Å². The molecular weight excluding hydrogens is 347 g/mol. The van der Waals surface area contributed by atoms with Crippen molar-refractivity contribution in [2.75, 3.05) is 0 Å². The van der Waals surface area contributed by atoms with Crippen molar-refractivity contribution in [1.29, 1.82) is 0 Å². The fourth-order valence-electron chi connectivity index (χ4n) is 1.35. The molecule has 2 heterocycles. The SMILES string of the molecule is [CH]1[CH][CH][CH][CH]1.[Cl-].[Rh+3].c1ccc(-c2ccccn2)nc1. The van der Waals surface area contributed by atoms with Crippen molar-refractivity contribution in [3.05, 3.63) is 80.9 Å². The molecule has 0 atom stereocenters. The molecule has 1 aliphatic carbocycles. The number of hydrogen-bond acceptors (Lipinski definition) is 2.